The molecule has 2 bridgehead atoms. The smallest absolute Gasteiger partial charge is 0.315 e. The third kappa shape index (κ3) is 1.52. The van der Waals surface area contributed by atoms with Crippen LogP contribution in [0.2, 0.25) is 0 Å². The fourth-order valence-electron chi connectivity index (χ4n) is 1.75. The zero-order chi connectivity index (χ0) is 11.2. The average molecular weight is 217 g/mol. The van der Waals surface area contributed by atoms with Crippen LogP contribution in [0.3, 0.4) is 0 Å². The summed E-state index contributed by atoms with van der Waals surface area (Å²) in [5.41, 5.74) is 10.1. The number of carbonyl (C=O) groups excluding carboxylic acids is 2. The third-order valence-corrected chi connectivity index (χ3v) is 2.39. The second-order valence-corrected chi connectivity index (χ2v) is 3.53. The summed E-state index contributed by atoms with van der Waals surface area (Å²) in [5.74, 6) is -2.73. The molecule has 84 valence electrons. The first-order valence-electron chi connectivity index (χ1n) is 4.32. The van der Waals surface area contributed by atoms with Gasteiger partial charge >= 0.3 is 6.03 Å². The van der Waals surface area contributed by atoms with Crippen molar-refractivity contribution in [3.8, 4) is 0 Å². The summed E-state index contributed by atoms with van der Waals surface area (Å²) in [6.07, 6.45) is -2.14. The van der Waals surface area contributed by atoms with Gasteiger partial charge in [-0.05, 0) is 0 Å². The lowest BCUT2D eigenvalue weighted by molar-refractivity contribution is -0.231. The summed E-state index contributed by atoms with van der Waals surface area (Å²) in [7, 11) is 0. The summed E-state index contributed by atoms with van der Waals surface area (Å²) in [4.78, 5) is 23.0. The van der Waals surface area contributed by atoms with Crippen LogP contribution >= 0.6 is 0 Å². The Balaban J connectivity index is 2.21. The molecule has 2 rings (SSSR count). The number of hydrogen-bond acceptors (Lipinski definition) is 5. The van der Waals surface area contributed by atoms with E-state index in [1.807, 2.05) is 0 Å². The van der Waals surface area contributed by atoms with Gasteiger partial charge in [-0.3, -0.25) is 4.79 Å². The molecule has 15 heavy (non-hydrogen) atoms. The maximum Gasteiger partial charge on any atom is 0.315 e. The molecule has 0 saturated carbocycles. The van der Waals surface area contributed by atoms with Crippen molar-refractivity contribution in [1.29, 1.82) is 0 Å². The van der Waals surface area contributed by atoms with E-state index in [0.717, 1.165) is 4.90 Å². The van der Waals surface area contributed by atoms with Gasteiger partial charge in [-0.15, -0.1) is 0 Å². The fraction of sp³-hybridized carbons (Fsp3) is 0.714. The molecule has 0 aromatic rings. The predicted octanol–water partition coefficient (Wildman–Crippen LogP) is -2.70. The topological polar surface area (TPSA) is 128 Å². The van der Waals surface area contributed by atoms with Gasteiger partial charge < -0.3 is 30.9 Å². The highest BCUT2D eigenvalue weighted by molar-refractivity contribution is 5.81. The van der Waals surface area contributed by atoms with Crippen LogP contribution in [-0.4, -0.2) is 53.2 Å². The summed E-state index contributed by atoms with van der Waals surface area (Å²) >= 11 is 0. The number of β-amino-alcohol motifs (C(OH)–C–C–N with tert-alkyl or cyclic N) is 1. The van der Waals surface area contributed by atoms with Gasteiger partial charge in [0.05, 0.1) is 13.1 Å². The molecular formula is C7H11N3O5. The largest absolute Gasteiger partial charge is 0.367 e. The summed E-state index contributed by atoms with van der Waals surface area (Å²) in [5, 5.41) is 9.87. The van der Waals surface area contributed by atoms with Crippen molar-refractivity contribution < 1.29 is 24.2 Å². The second-order valence-electron chi connectivity index (χ2n) is 3.53. The molecule has 2 aliphatic rings. The van der Waals surface area contributed by atoms with E-state index >= 15 is 0 Å². The van der Waals surface area contributed by atoms with Crippen molar-refractivity contribution in [2.45, 2.75) is 18.2 Å². The van der Waals surface area contributed by atoms with Crippen molar-refractivity contribution in [3.05, 3.63) is 0 Å². The van der Waals surface area contributed by atoms with Crippen molar-refractivity contribution in [3.63, 3.8) is 0 Å². The normalized spacial score (nSPS) is 39.1. The number of nitrogens with zero attached hydrogens (tertiary/aromatic N) is 1. The van der Waals surface area contributed by atoms with Crippen molar-refractivity contribution in [2.75, 3.05) is 13.1 Å². The van der Waals surface area contributed by atoms with E-state index in [2.05, 4.69) is 0 Å². The van der Waals surface area contributed by atoms with Crippen LogP contribution in [-0.2, 0) is 14.3 Å². The van der Waals surface area contributed by atoms with E-state index in [9.17, 15) is 14.7 Å². The van der Waals surface area contributed by atoms with E-state index in [4.69, 9.17) is 20.9 Å². The fourth-order valence-corrected chi connectivity index (χ4v) is 1.75. The maximum absolute atomic E-state index is 10.9. The highest BCUT2D eigenvalue weighted by atomic mass is 16.8. The Morgan fingerprint density at radius 1 is 1.47 bits per heavy atom. The molecule has 0 aromatic carbocycles. The quantitative estimate of drug-likeness (QED) is 0.440. The number of nitrogens with two attached hydrogens (primary N) is 2. The number of hydrogen-bond donors (Lipinski definition) is 3. The second kappa shape index (κ2) is 3.05. The summed E-state index contributed by atoms with van der Waals surface area (Å²) in [6, 6.07) is -0.713. The lowest BCUT2D eigenvalue weighted by Crippen LogP contribution is -2.58. The van der Waals surface area contributed by atoms with Gasteiger partial charge in [0.15, 0.2) is 12.4 Å². The summed E-state index contributed by atoms with van der Waals surface area (Å²) < 4.78 is 10.1. The number of morpholine rings is 1. The van der Waals surface area contributed by atoms with Crippen LogP contribution in [0.15, 0.2) is 0 Å². The van der Waals surface area contributed by atoms with E-state index in [-0.39, 0.29) is 13.1 Å². The molecule has 2 aliphatic heterocycles. The molecule has 8 heteroatoms. The standard InChI is InChI=1S/C7H11N3O5/c8-5(11)4-7(13)2-10(6(9)12)1-3(14-4)15-7/h3-4,13H,1-2H2,(H2,8,11)(H2,9,12). The Morgan fingerprint density at radius 2 is 2.13 bits per heavy atom. The Hall–Kier alpha value is -1.38. The van der Waals surface area contributed by atoms with Crippen LogP contribution in [0.25, 0.3) is 0 Å². The molecule has 2 saturated heterocycles. The maximum atomic E-state index is 10.9. The Kier molecular flexibility index (Phi) is 2.07. The number of carbonyl (C=O) groups is 2. The average Bonchev–Trinajstić information content (AvgIpc) is 2.35. The molecule has 0 radical (unpaired) electrons. The molecule has 0 aliphatic carbocycles. The number of primary amides is 2. The molecule has 8 nitrogen and oxygen atoms in total. The van der Waals surface area contributed by atoms with Crippen molar-refractivity contribution in [2.24, 2.45) is 11.5 Å². The highest BCUT2D eigenvalue weighted by Gasteiger charge is 2.56. The van der Waals surface area contributed by atoms with Gasteiger partial charge in [0.25, 0.3) is 5.91 Å². The monoisotopic (exact) mass is 217 g/mol. The molecule has 3 amide bonds. The van der Waals surface area contributed by atoms with Crippen LogP contribution in [0, 0.1) is 0 Å². The van der Waals surface area contributed by atoms with Gasteiger partial charge in [0, 0.05) is 0 Å². The first kappa shape index (κ1) is 10.1. The Bertz CT molecular complexity index is 322. The summed E-state index contributed by atoms with van der Waals surface area (Å²) in [6.45, 7) is -0.159. The minimum absolute atomic E-state index is 0.0709. The van der Waals surface area contributed by atoms with E-state index in [1.54, 1.807) is 0 Å². The molecule has 5 N–H and O–H groups in total. The molecule has 0 spiro atoms. The van der Waals surface area contributed by atoms with Crippen LogP contribution in [0.4, 0.5) is 4.79 Å². The zero-order valence-corrected chi connectivity index (χ0v) is 7.75. The van der Waals surface area contributed by atoms with E-state index < -0.39 is 30.1 Å². The molecule has 3 unspecified atom stereocenters. The SMILES string of the molecule is NC(=O)C1OC2CN(C(N)=O)CC1(O)O2. The lowest BCUT2D eigenvalue weighted by Gasteiger charge is -2.34. The van der Waals surface area contributed by atoms with Crippen LogP contribution in [0.5, 0.6) is 0 Å². The van der Waals surface area contributed by atoms with Crippen molar-refractivity contribution in [1.82, 2.24) is 4.90 Å². The van der Waals surface area contributed by atoms with E-state index in [1.165, 1.54) is 0 Å². The van der Waals surface area contributed by atoms with Gasteiger partial charge in [0.2, 0.25) is 5.79 Å². The highest BCUT2D eigenvalue weighted by Crippen LogP contribution is 2.33. The van der Waals surface area contributed by atoms with Gasteiger partial charge in [-0.2, -0.15) is 0 Å². The number of aliphatic hydroxyl groups is 1. The van der Waals surface area contributed by atoms with Gasteiger partial charge in [-0.1, -0.05) is 0 Å². The number of amides is 3. The van der Waals surface area contributed by atoms with Gasteiger partial charge in [0.1, 0.15) is 0 Å². The first-order valence-corrected chi connectivity index (χ1v) is 4.32. The third-order valence-electron chi connectivity index (χ3n) is 2.39. The van der Waals surface area contributed by atoms with Gasteiger partial charge in [-0.25, -0.2) is 4.79 Å². The zero-order valence-electron chi connectivity index (χ0n) is 7.75. The molecular weight excluding hydrogens is 206 g/mol. The Morgan fingerprint density at radius 3 is 2.67 bits per heavy atom. The molecule has 2 fully saturated rings. The Labute approximate surface area is 84.7 Å². The number of ether oxygens (including phenoxy) is 2. The number of fused-ring (bicyclic) bond motifs is 2. The predicted molar refractivity (Wildman–Crippen MR) is 45.0 cm³/mol. The molecule has 2 heterocycles. The van der Waals surface area contributed by atoms with Crippen LogP contribution in [0.1, 0.15) is 0 Å². The number of rotatable bonds is 1. The van der Waals surface area contributed by atoms with E-state index in [0.29, 0.717) is 0 Å². The lowest BCUT2D eigenvalue weighted by atomic mass is 10.1. The van der Waals surface area contributed by atoms with Crippen LogP contribution < -0.4 is 11.5 Å². The number of urea groups is 1. The first-order chi connectivity index (χ1) is 6.92. The minimum Gasteiger partial charge on any atom is -0.367 e. The minimum atomic E-state index is -1.89. The molecule has 3 atom stereocenters. The van der Waals surface area contributed by atoms with Crippen molar-refractivity contribution >= 4 is 11.9 Å². The molecule has 0 aromatic heterocycles.